The lowest BCUT2D eigenvalue weighted by Gasteiger charge is -2.27. The highest BCUT2D eigenvalue weighted by Gasteiger charge is 2.15. The summed E-state index contributed by atoms with van der Waals surface area (Å²) in [6.45, 7) is 5.67. The van der Waals surface area contributed by atoms with Gasteiger partial charge in [-0.2, -0.15) is 0 Å². The maximum Gasteiger partial charge on any atom is 0.304 e. The molecule has 0 radical (unpaired) electrons. The number of carboxylic acids is 1. The number of hydrogen-bond acceptors (Lipinski definition) is 3. The second-order valence-corrected chi connectivity index (χ2v) is 5.07. The number of aliphatic carboxylic acids is 1. The van der Waals surface area contributed by atoms with E-state index in [-0.39, 0.29) is 12.5 Å². The van der Waals surface area contributed by atoms with Gasteiger partial charge in [0.1, 0.15) is 0 Å². The summed E-state index contributed by atoms with van der Waals surface area (Å²) in [5, 5.41) is 8.86. The van der Waals surface area contributed by atoms with Crippen molar-refractivity contribution in [3.05, 3.63) is 29.8 Å². The summed E-state index contributed by atoms with van der Waals surface area (Å²) in [6, 6.07) is 8.43. The van der Waals surface area contributed by atoms with E-state index < -0.39 is 5.97 Å². The Hall–Kier alpha value is -1.55. The monoisotopic (exact) mass is 264 g/mol. The van der Waals surface area contributed by atoms with Crippen LogP contribution in [-0.2, 0) is 11.3 Å². The van der Waals surface area contributed by atoms with Gasteiger partial charge in [0, 0.05) is 32.4 Å². The Morgan fingerprint density at radius 3 is 2.26 bits per heavy atom. The number of anilines is 1. The van der Waals surface area contributed by atoms with Crippen molar-refractivity contribution in [2.24, 2.45) is 0 Å². The molecule has 1 aromatic rings. The predicted octanol–water partition coefficient (Wildman–Crippen LogP) is 2.44. The van der Waals surface area contributed by atoms with Crippen molar-refractivity contribution in [1.82, 2.24) is 4.90 Å². The van der Waals surface area contributed by atoms with Crippen molar-refractivity contribution >= 4 is 11.7 Å². The molecule has 0 bridgehead atoms. The van der Waals surface area contributed by atoms with Gasteiger partial charge >= 0.3 is 5.97 Å². The van der Waals surface area contributed by atoms with E-state index in [4.69, 9.17) is 5.11 Å². The van der Waals surface area contributed by atoms with E-state index in [2.05, 4.69) is 41.0 Å². The molecule has 0 fully saturated rings. The second-order valence-electron chi connectivity index (χ2n) is 5.07. The van der Waals surface area contributed by atoms with Crippen molar-refractivity contribution < 1.29 is 9.90 Å². The van der Waals surface area contributed by atoms with Crippen LogP contribution in [0.25, 0.3) is 0 Å². The van der Waals surface area contributed by atoms with E-state index in [1.54, 1.807) is 0 Å². The van der Waals surface area contributed by atoms with E-state index in [1.165, 1.54) is 11.3 Å². The van der Waals surface area contributed by atoms with Crippen LogP contribution in [0, 0.1) is 0 Å². The van der Waals surface area contributed by atoms with Crippen LogP contribution >= 0.6 is 0 Å². The summed E-state index contributed by atoms with van der Waals surface area (Å²) in [4.78, 5) is 15.0. The maximum atomic E-state index is 10.8. The first kappa shape index (κ1) is 15.5. The van der Waals surface area contributed by atoms with Gasteiger partial charge in [-0.3, -0.25) is 9.69 Å². The van der Waals surface area contributed by atoms with E-state index in [9.17, 15) is 4.79 Å². The Labute approximate surface area is 115 Å². The molecule has 0 spiro atoms. The van der Waals surface area contributed by atoms with Crippen molar-refractivity contribution in [2.75, 3.05) is 25.5 Å². The van der Waals surface area contributed by atoms with Crippen molar-refractivity contribution in [3.8, 4) is 0 Å². The molecule has 0 aliphatic carbocycles. The highest BCUT2D eigenvalue weighted by atomic mass is 16.4. The number of carboxylic acid groups (broad SMARTS) is 1. The van der Waals surface area contributed by atoms with Gasteiger partial charge in [0.05, 0.1) is 6.42 Å². The molecule has 1 N–H and O–H groups in total. The molecular formula is C15H24N2O2. The third-order valence-corrected chi connectivity index (χ3v) is 3.34. The first-order valence-electron chi connectivity index (χ1n) is 6.66. The molecule has 1 atom stereocenters. The number of carbonyl (C=O) groups is 1. The minimum absolute atomic E-state index is 0.0519. The van der Waals surface area contributed by atoms with Crippen LogP contribution in [0.5, 0.6) is 0 Å². The summed E-state index contributed by atoms with van der Waals surface area (Å²) < 4.78 is 0. The number of nitrogens with zero attached hydrogens (tertiary/aromatic N) is 2. The number of rotatable bonds is 7. The Balaban J connectivity index is 2.67. The minimum atomic E-state index is -0.742. The van der Waals surface area contributed by atoms with Crippen molar-refractivity contribution in [3.63, 3.8) is 0 Å². The molecule has 1 rings (SSSR count). The zero-order valence-electron chi connectivity index (χ0n) is 12.3. The molecular weight excluding hydrogens is 240 g/mol. The quantitative estimate of drug-likeness (QED) is 0.821. The first-order valence-corrected chi connectivity index (χ1v) is 6.66. The first-order chi connectivity index (χ1) is 8.93. The van der Waals surface area contributed by atoms with Gasteiger partial charge in [0.15, 0.2) is 0 Å². The molecule has 0 aromatic heterocycles. The minimum Gasteiger partial charge on any atom is -0.481 e. The topological polar surface area (TPSA) is 43.8 Å². The summed E-state index contributed by atoms with van der Waals surface area (Å²) in [6.07, 6.45) is 0.184. The fourth-order valence-electron chi connectivity index (χ4n) is 2.10. The average Bonchev–Trinajstić information content (AvgIpc) is 2.35. The molecule has 4 nitrogen and oxygen atoms in total. The summed E-state index contributed by atoms with van der Waals surface area (Å²) in [5.41, 5.74) is 2.38. The highest BCUT2D eigenvalue weighted by molar-refractivity contribution is 5.67. The average molecular weight is 264 g/mol. The maximum absolute atomic E-state index is 10.8. The fraction of sp³-hybridized carbons (Fsp3) is 0.533. The van der Waals surface area contributed by atoms with Crippen LogP contribution in [0.1, 0.15) is 25.8 Å². The van der Waals surface area contributed by atoms with Gasteiger partial charge in [0.2, 0.25) is 0 Å². The molecule has 19 heavy (non-hydrogen) atoms. The second kappa shape index (κ2) is 7.14. The Morgan fingerprint density at radius 2 is 1.84 bits per heavy atom. The van der Waals surface area contributed by atoms with Crippen LogP contribution in [0.2, 0.25) is 0 Å². The lowest BCUT2D eigenvalue weighted by Crippen LogP contribution is -2.34. The van der Waals surface area contributed by atoms with Gasteiger partial charge in [-0.1, -0.05) is 19.1 Å². The zero-order valence-corrected chi connectivity index (χ0v) is 12.3. The third kappa shape index (κ3) is 4.91. The molecule has 0 saturated heterocycles. The Bertz CT molecular complexity index is 401. The van der Waals surface area contributed by atoms with Gasteiger partial charge in [-0.25, -0.2) is 0 Å². The summed E-state index contributed by atoms with van der Waals surface area (Å²) >= 11 is 0. The highest BCUT2D eigenvalue weighted by Crippen LogP contribution is 2.15. The van der Waals surface area contributed by atoms with Crippen LogP contribution < -0.4 is 4.90 Å². The molecule has 1 aromatic carbocycles. The Morgan fingerprint density at radius 1 is 1.26 bits per heavy atom. The SMILES string of the molecule is CCN(Cc1ccc(N(C)C)cc1)C(C)CC(=O)O. The zero-order chi connectivity index (χ0) is 14.4. The normalized spacial score (nSPS) is 12.5. The smallest absolute Gasteiger partial charge is 0.304 e. The van der Waals surface area contributed by atoms with Gasteiger partial charge in [0.25, 0.3) is 0 Å². The summed E-state index contributed by atoms with van der Waals surface area (Å²) in [7, 11) is 4.03. The lowest BCUT2D eigenvalue weighted by molar-refractivity contribution is -0.138. The standard InChI is InChI=1S/C15H24N2O2/c1-5-17(12(2)10-15(18)19)11-13-6-8-14(9-7-13)16(3)4/h6-9,12H,5,10-11H2,1-4H3,(H,18,19). The third-order valence-electron chi connectivity index (χ3n) is 3.34. The molecule has 106 valence electrons. The van der Waals surface area contributed by atoms with Crippen molar-refractivity contribution in [1.29, 1.82) is 0 Å². The van der Waals surface area contributed by atoms with Gasteiger partial charge < -0.3 is 10.0 Å². The van der Waals surface area contributed by atoms with E-state index in [0.29, 0.717) is 0 Å². The molecule has 0 aliphatic heterocycles. The van der Waals surface area contributed by atoms with Crippen LogP contribution in [0.15, 0.2) is 24.3 Å². The number of benzene rings is 1. The molecule has 0 heterocycles. The van der Waals surface area contributed by atoms with Crippen molar-refractivity contribution in [2.45, 2.75) is 32.9 Å². The number of hydrogen-bond donors (Lipinski definition) is 1. The Kier molecular flexibility index (Phi) is 5.83. The van der Waals surface area contributed by atoms with Crippen LogP contribution in [0.3, 0.4) is 0 Å². The fourth-order valence-corrected chi connectivity index (χ4v) is 2.10. The largest absolute Gasteiger partial charge is 0.481 e. The molecule has 0 saturated carbocycles. The van der Waals surface area contributed by atoms with Gasteiger partial charge in [-0.15, -0.1) is 0 Å². The molecule has 4 heteroatoms. The predicted molar refractivity (Wildman–Crippen MR) is 78.6 cm³/mol. The molecule has 0 amide bonds. The lowest BCUT2D eigenvalue weighted by atomic mass is 10.1. The van der Waals surface area contributed by atoms with Crippen LogP contribution in [0.4, 0.5) is 5.69 Å². The van der Waals surface area contributed by atoms with E-state index >= 15 is 0 Å². The van der Waals surface area contributed by atoms with Crippen LogP contribution in [-0.4, -0.2) is 42.7 Å². The molecule has 1 unspecified atom stereocenters. The molecule has 0 aliphatic rings. The van der Waals surface area contributed by atoms with E-state index in [0.717, 1.165) is 13.1 Å². The van der Waals surface area contributed by atoms with Gasteiger partial charge in [-0.05, 0) is 31.2 Å². The summed E-state index contributed by atoms with van der Waals surface area (Å²) in [5.74, 6) is -0.742. The van der Waals surface area contributed by atoms with E-state index in [1.807, 2.05) is 21.0 Å².